The SMILES string of the molecule is CN1CC(CO)C(c2ccc(F)cc2)C1. The summed E-state index contributed by atoms with van der Waals surface area (Å²) in [6.07, 6.45) is 0. The monoisotopic (exact) mass is 209 g/mol. The van der Waals surface area contributed by atoms with Crippen molar-refractivity contribution >= 4 is 0 Å². The predicted molar refractivity (Wildman–Crippen MR) is 57.2 cm³/mol. The zero-order valence-corrected chi connectivity index (χ0v) is 8.86. The Balaban J connectivity index is 2.19. The lowest BCUT2D eigenvalue weighted by Crippen LogP contribution is -2.15. The maximum Gasteiger partial charge on any atom is 0.123 e. The van der Waals surface area contributed by atoms with E-state index in [4.69, 9.17) is 0 Å². The van der Waals surface area contributed by atoms with Gasteiger partial charge >= 0.3 is 0 Å². The minimum absolute atomic E-state index is 0.201. The fourth-order valence-corrected chi connectivity index (χ4v) is 2.36. The molecule has 0 aliphatic carbocycles. The summed E-state index contributed by atoms with van der Waals surface area (Å²) >= 11 is 0. The van der Waals surface area contributed by atoms with Crippen molar-refractivity contribution in [2.45, 2.75) is 5.92 Å². The van der Waals surface area contributed by atoms with Gasteiger partial charge in [-0.15, -0.1) is 0 Å². The molecule has 0 saturated carbocycles. The van der Waals surface area contributed by atoms with Crippen molar-refractivity contribution in [2.24, 2.45) is 5.92 Å². The summed E-state index contributed by atoms with van der Waals surface area (Å²) in [4.78, 5) is 2.20. The number of benzene rings is 1. The molecule has 0 spiro atoms. The number of likely N-dealkylation sites (tertiary alicyclic amines) is 1. The number of likely N-dealkylation sites (N-methyl/N-ethyl adjacent to an activating group) is 1. The van der Waals surface area contributed by atoms with Gasteiger partial charge in [-0.2, -0.15) is 0 Å². The molecule has 2 unspecified atom stereocenters. The molecule has 2 nitrogen and oxygen atoms in total. The van der Waals surface area contributed by atoms with Gasteiger partial charge in [-0.05, 0) is 24.7 Å². The van der Waals surface area contributed by atoms with Crippen LogP contribution in [0.15, 0.2) is 24.3 Å². The van der Waals surface area contributed by atoms with Gasteiger partial charge in [0.05, 0.1) is 0 Å². The zero-order valence-electron chi connectivity index (χ0n) is 8.86. The molecule has 82 valence electrons. The summed E-state index contributed by atoms with van der Waals surface area (Å²) in [6.45, 7) is 2.06. The van der Waals surface area contributed by atoms with Gasteiger partial charge in [0.2, 0.25) is 0 Å². The zero-order chi connectivity index (χ0) is 10.8. The lowest BCUT2D eigenvalue weighted by molar-refractivity contribution is 0.219. The molecular formula is C12H16FNO. The van der Waals surface area contributed by atoms with Gasteiger partial charge in [0, 0.05) is 31.5 Å². The van der Waals surface area contributed by atoms with Crippen LogP contribution in [0.3, 0.4) is 0 Å². The topological polar surface area (TPSA) is 23.5 Å². The van der Waals surface area contributed by atoms with E-state index in [0.717, 1.165) is 18.7 Å². The first-order valence-corrected chi connectivity index (χ1v) is 5.25. The van der Waals surface area contributed by atoms with E-state index < -0.39 is 0 Å². The average molecular weight is 209 g/mol. The van der Waals surface area contributed by atoms with Crippen molar-refractivity contribution in [1.82, 2.24) is 4.90 Å². The molecule has 1 aromatic carbocycles. The Labute approximate surface area is 89.3 Å². The second-order valence-corrected chi connectivity index (χ2v) is 4.32. The Morgan fingerprint density at radius 1 is 1.33 bits per heavy atom. The Kier molecular flexibility index (Phi) is 3.03. The molecule has 0 radical (unpaired) electrons. The third-order valence-electron chi connectivity index (χ3n) is 3.16. The van der Waals surface area contributed by atoms with E-state index in [1.54, 1.807) is 0 Å². The minimum Gasteiger partial charge on any atom is -0.396 e. The first kappa shape index (κ1) is 10.6. The second kappa shape index (κ2) is 4.29. The van der Waals surface area contributed by atoms with Crippen molar-refractivity contribution in [3.8, 4) is 0 Å². The molecule has 1 saturated heterocycles. The summed E-state index contributed by atoms with van der Waals surface area (Å²) < 4.78 is 12.8. The second-order valence-electron chi connectivity index (χ2n) is 4.32. The molecule has 15 heavy (non-hydrogen) atoms. The van der Waals surface area contributed by atoms with Crippen LogP contribution in [0.2, 0.25) is 0 Å². The fourth-order valence-electron chi connectivity index (χ4n) is 2.36. The summed E-state index contributed by atoms with van der Waals surface area (Å²) in [5.41, 5.74) is 1.12. The van der Waals surface area contributed by atoms with Crippen molar-refractivity contribution in [3.63, 3.8) is 0 Å². The molecule has 1 fully saturated rings. The summed E-state index contributed by atoms with van der Waals surface area (Å²) in [5.74, 6) is 0.409. The van der Waals surface area contributed by atoms with Crippen LogP contribution in [0.5, 0.6) is 0 Å². The van der Waals surface area contributed by atoms with Gasteiger partial charge in [-0.3, -0.25) is 0 Å². The fraction of sp³-hybridized carbons (Fsp3) is 0.500. The lowest BCUT2D eigenvalue weighted by Gasteiger charge is -2.16. The van der Waals surface area contributed by atoms with Crippen LogP contribution in [0.25, 0.3) is 0 Å². The van der Waals surface area contributed by atoms with Crippen molar-refractivity contribution in [1.29, 1.82) is 0 Å². The van der Waals surface area contributed by atoms with Gasteiger partial charge < -0.3 is 10.0 Å². The highest BCUT2D eigenvalue weighted by molar-refractivity contribution is 5.23. The molecular weight excluding hydrogens is 193 g/mol. The first-order chi connectivity index (χ1) is 7.20. The molecule has 1 N–H and O–H groups in total. The summed E-state index contributed by atoms with van der Waals surface area (Å²) in [7, 11) is 2.05. The molecule has 1 aliphatic rings. The molecule has 0 bridgehead atoms. The molecule has 1 aliphatic heterocycles. The first-order valence-electron chi connectivity index (χ1n) is 5.25. The number of hydrogen-bond acceptors (Lipinski definition) is 2. The predicted octanol–water partition coefficient (Wildman–Crippen LogP) is 1.46. The smallest absolute Gasteiger partial charge is 0.123 e. The molecule has 0 amide bonds. The van der Waals surface area contributed by atoms with Gasteiger partial charge in [0.15, 0.2) is 0 Å². The van der Waals surface area contributed by atoms with Crippen LogP contribution in [0.1, 0.15) is 11.5 Å². The van der Waals surface area contributed by atoms with Crippen LogP contribution in [-0.2, 0) is 0 Å². The number of halogens is 1. The van der Waals surface area contributed by atoms with E-state index in [0.29, 0.717) is 5.92 Å². The van der Waals surface area contributed by atoms with Crippen molar-refractivity contribution in [3.05, 3.63) is 35.6 Å². The van der Waals surface area contributed by atoms with E-state index in [1.165, 1.54) is 12.1 Å². The highest BCUT2D eigenvalue weighted by Gasteiger charge is 2.31. The number of hydrogen-bond donors (Lipinski definition) is 1. The maximum absolute atomic E-state index is 12.8. The van der Waals surface area contributed by atoms with E-state index >= 15 is 0 Å². The van der Waals surface area contributed by atoms with Crippen LogP contribution in [0.4, 0.5) is 4.39 Å². The normalized spacial score (nSPS) is 27.1. The Morgan fingerprint density at radius 2 is 2.00 bits per heavy atom. The Hall–Kier alpha value is -0.930. The number of aliphatic hydroxyl groups excluding tert-OH is 1. The van der Waals surface area contributed by atoms with Crippen LogP contribution in [0, 0.1) is 11.7 Å². The van der Waals surface area contributed by atoms with Crippen LogP contribution < -0.4 is 0 Å². The maximum atomic E-state index is 12.8. The Morgan fingerprint density at radius 3 is 2.60 bits per heavy atom. The largest absolute Gasteiger partial charge is 0.396 e. The van der Waals surface area contributed by atoms with Gasteiger partial charge in [0.1, 0.15) is 5.82 Å². The quantitative estimate of drug-likeness (QED) is 0.797. The average Bonchev–Trinajstić information content (AvgIpc) is 2.61. The summed E-state index contributed by atoms with van der Waals surface area (Å²) in [5, 5.41) is 9.27. The van der Waals surface area contributed by atoms with Crippen molar-refractivity contribution < 1.29 is 9.50 Å². The van der Waals surface area contributed by atoms with Crippen molar-refractivity contribution in [2.75, 3.05) is 26.7 Å². The van der Waals surface area contributed by atoms with E-state index in [-0.39, 0.29) is 18.3 Å². The minimum atomic E-state index is -0.203. The molecule has 1 heterocycles. The number of nitrogens with zero attached hydrogens (tertiary/aromatic N) is 1. The highest BCUT2D eigenvalue weighted by atomic mass is 19.1. The van der Waals surface area contributed by atoms with Gasteiger partial charge in [-0.1, -0.05) is 12.1 Å². The van der Waals surface area contributed by atoms with E-state index in [9.17, 15) is 9.50 Å². The number of rotatable bonds is 2. The standard InChI is InChI=1S/C12H16FNO/c1-14-6-10(8-15)12(7-14)9-2-4-11(13)5-3-9/h2-5,10,12,15H,6-8H2,1H3. The third-order valence-corrected chi connectivity index (χ3v) is 3.16. The molecule has 3 heteroatoms. The third kappa shape index (κ3) is 2.19. The number of aliphatic hydroxyl groups is 1. The summed E-state index contributed by atoms with van der Waals surface area (Å²) in [6, 6.07) is 6.62. The lowest BCUT2D eigenvalue weighted by atomic mass is 9.89. The molecule has 0 aromatic heterocycles. The Bertz CT molecular complexity index is 325. The van der Waals surface area contributed by atoms with Crippen LogP contribution >= 0.6 is 0 Å². The molecule has 2 atom stereocenters. The highest BCUT2D eigenvalue weighted by Crippen LogP contribution is 2.31. The molecule has 1 aromatic rings. The van der Waals surface area contributed by atoms with Gasteiger partial charge in [-0.25, -0.2) is 4.39 Å². The van der Waals surface area contributed by atoms with Crippen LogP contribution in [-0.4, -0.2) is 36.8 Å². The van der Waals surface area contributed by atoms with E-state index in [1.807, 2.05) is 19.2 Å². The van der Waals surface area contributed by atoms with E-state index in [2.05, 4.69) is 4.90 Å². The molecule has 2 rings (SSSR count). The van der Waals surface area contributed by atoms with Gasteiger partial charge in [0.25, 0.3) is 0 Å².